The molecular weight excluding hydrogens is 371 g/mol. The highest BCUT2D eigenvalue weighted by Gasteiger charge is 2.20. The Morgan fingerprint density at radius 3 is 2.55 bits per heavy atom. The van der Waals surface area contributed by atoms with Gasteiger partial charge in [-0.25, -0.2) is 9.18 Å². The number of H-pyrrole nitrogens is 1. The Balaban J connectivity index is 1.76. The van der Waals surface area contributed by atoms with Crippen molar-refractivity contribution in [3.05, 3.63) is 65.6 Å². The molecule has 1 N–H and O–H groups in total. The van der Waals surface area contributed by atoms with Gasteiger partial charge in [-0.15, -0.1) is 0 Å². The van der Waals surface area contributed by atoms with E-state index in [1.54, 1.807) is 19.3 Å². The summed E-state index contributed by atoms with van der Waals surface area (Å²) in [7, 11) is 1.69. The largest absolute Gasteiger partial charge is 0.488 e. The zero-order valence-electron chi connectivity index (χ0n) is 17.3. The van der Waals surface area contributed by atoms with Crippen molar-refractivity contribution >= 4 is 17.0 Å². The number of hydrogen-bond donors (Lipinski definition) is 1. The maximum atomic E-state index is 14.3. The number of rotatable bonds is 6. The van der Waals surface area contributed by atoms with Gasteiger partial charge in [-0.05, 0) is 50.5 Å². The molecule has 1 heterocycles. The average molecular weight is 398 g/mol. The molecule has 0 aliphatic rings. The van der Waals surface area contributed by atoms with Crippen molar-refractivity contribution in [2.45, 2.75) is 39.4 Å². The van der Waals surface area contributed by atoms with Crippen LogP contribution in [0.5, 0.6) is 5.75 Å². The van der Waals surface area contributed by atoms with Gasteiger partial charge in [-0.1, -0.05) is 30.3 Å². The Morgan fingerprint density at radius 2 is 1.86 bits per heavy atom. The fourth-order valence-corrected chi connectivity index (χ4v) is 3.02. The Kier molecular flexibility index (Phi) is 6.11. The van der Waals surface area contributed by atoms with E-state index < -0.39 is 5.60 Å². The van der Waals surface area contributed by atoms with Gasteiger partial charge in [0.1, 0.15) is 23.8 Å². The van der Waals surface area contributed by atoms with Crippen LogP contribution in [0.15, 0.2) is 48.7 Å². The Bertz CT molecular complexity index is 977. The summed E-state index contributed by atoms with van der Waals surface area (Å²) in [5.41, 5.74) is 1.78. The van der Waals surface area contributed by atoms with Crippen molar-refractivity contribution < 1.29 is 18.7 Å². The van der Waals surface area contributed by atoms with Crippen LogP contribution in [-0.4, -0.2) is 35.2 Å². The Hall–Kier alpha value is -3.02. The summed E-state index contributed by atoms with van der Waals surface area (Å²) in [6, 6.07) is 12.9. The smallest absolute Gasteiger partial charge is 0.410 e. The molecule has 1 aromatic heterocycles. The molecule has 3 rings (SSSR count). The molecule has 1 amide bonds. The van der Waals surface area contributed by atoms with Crippen LogP contribution in [0.3, 0.4) is 0 Å². The van der Waals surface area contributed by atoms with Crippen molar-refractivity contribution in [1.82, 2.24) is 9.88 Å². The highest BCUT2D eigenvalue weighted by atomic mass is 19.1. The maximum Gasteiger partial charge on any atom is 0.410 e. The summed E-state index contributed by atoms with van der Waals surface area (Å²) in [4.78, 5) is 16.7. The highest BCUT2D eigenvalue weighted by molar-refractivity contribution is 5.90. The van der Waals surface area contributed by atoms with E-state index in [1.807, 2.05) is 51.1 Å². The van der Waals surface area contributed by atoms with E-state index in [2.05, 4.69) is 4.98 Å². The van der Waals surface area contributed by atoms with Gasteiger partial charge in [-0.2, -0.15) is 0 Å². The molecule has 0 bridgehead atoms. The molecule has 0 aliphatic carbocycles. The summed E-state index contributed by atoms with van der Waals surface area (Å²) in [6.07, 6.45) is 1.93. The first-order valence-electron chi connectivity index (χ1n) is 9.64. The van der Waals surface area contributed by atoms with Crippen molar-refractivity contribution in [1.29, 1.82) is 0 Å². The van der Waals surface area contributed by atoms with E-state index in [0.717, 1.165) is 11.1 Å². The lowest BCUT2D eigenvalue weighted by molar-refractivity contribution is 0.0301. The Morgan fingerprint density at radius 1 is 1.14 bits per heavy atom. The third kappa shape index (κ3) is 5.28. The molecule has 0 atom stereocenters. The standard InChI is InChI=1S/C23H27FN2O3/c1-23(2,3)29-22(27)26(4)13-12-17-14-25-21-18(24)10-11-19(20(17)21)28-15-16-8-6-5-7-9-16/h5-11,14,25H,12-13,15H2,1-4H3. The molecule has 0 unspecified atom stereocenters. The lowest BCUT2D eigenvalue weighted by atomic mass is 10.1. The first-order chi connectivity index (χ1) is 13.7. The number of nitrogens with zero attached hydrogens (tertiary/aromatic N) is 1. The number of amides is 1. The minimum atomic E-state index is -0.548. The van der Waals surface area contributed by atoms with Crippen LogP contribution < -0.4 is 4.74 Å². The molecule has 0 fully saturated rings. The molecule has 5 nitrogen and oxygen atoms in total. The molecule has 0 saturated heterocycles. The number of aromatic nitrogens is 1. The SMILES string of the molecule is CN(CCc1c[nH]c2c(F)ccc(OCc3ccccc3)c12)C(=O)OC(C)(C)C. The fourth-order valence-electron chi connectivity index (χ4n) is 3.02. The molecule has 154 valence electrons. The summed E-state index contributed by atoms with van der Waals surface area (Å²) < 4.78 is 25.7. The number of hydrogen-bond acceptors (Lipinski definition) is 3. The zero-order chi connectivity index (χ0) is 21.0. The van der Waals surface area contributed by atoms with E-state index in [1.165, 1.54) is 11.0 Å². The third-order valence-corrected chi connectivity index (χ3v) is 4.49. The molecule has 29 heavy (non-hydrogen) atoms. The van der Waals surface area contributed by atoms with Gasteiger partial charge in [0.25, 0.3) is 0 Å². The van der Waals surface area contributed by atoms with Crippen LogP contribution in [0.1, 0.15) is 31.9 Å². The number of ether oxygens (including phenoxy) is 2. The van der Waals surface area contributed by atoms with Crippen LogP contribution in [0.4, 0.5) is 9.18 Å². The van der Waals surface area contributed by atoms with Crippen LogP contribution in [0.2, 0.25) is 0 Å². The molecule has 6 heteroatoms. The van der Waals surface area contributed by atoms with E-state index in [0.29, 0.717) is 36.2 Å². The lowest BCUT2D eigenvalue weighted by Crippen LogP contribution is -2.35. The third-order valence-electron chi connectivity index (χ3n) is 4.49. The van der Waals surface area contributed by atoms with E-state index in [4.69, 9.17) is 9.47 Å². The first kappa shape index (κ1) is 20.7. The number of carbonyl (C=O) groups is 1. The number of nitrogens with one attached hydrogen (secondary N) is 1. The summed E-state index contributed by atoms with van der Waals surface area (Å²) in [6.45, 7) is 6.33. The summed E-state index contributed by atoms with van der Waals surface area (Å²) in [5, 5.41) is 0.707. The zero-order valence-corrected chi connectivity index (χ0v) is 17.3. The van der Waals surface area contributed by atoms with Crippen LogP contribution in [-0.2, 0) is 17.8 Å². The lowest BCUT2D eigenvalue weighted by Gasteiger charge is -2.24. The van der Waals surface area contributed by atoms with Gasteiger partial charge in [0, 0.05) is 25.2 Å². The quantitative estimate of drug-likeness (QED) is 0.613. The van der Waals surface area contributed by atoms with Crippen molar-refractivity contribution in [2.75, 3.05) is 13.6 Å². The number of halogens is 1. The van der Waals surface area contributed by atoms with Gasteiger partial charge in [0.05, 0.1) is 5.52 Å². The fraction of sp³-hybridized carbons (Fsp3) is 0.348. The van der Waals surface area contributed by atoms with Gasteiger partial charge in [-0.3, -0.25) is 0 Å². The van der Waals surface area contributed by atoms with E-state index in [9.17, 15) is 9.18 Å². The molecule has 3 aromatic rings. The minimum Gasteiger partial charge on any atom is -0.488 e. The minimum absolute atomic E-state index is 0.334. The van der Waals surface area contributed by atoms with Crippen LogP contribution in [0.25, 0.3) is 10.9 Å². The molecule has 0 saturated carbocycles. The number of aromatic amines is 1. The van der Waals surface area contributed by atoms with Crippen molar-refractivity contribution in [3.8, 4) is 5.75 Å². The van der Waals surface area contributed by atoms with Crippen LogP contribution in [0, 0.1) is 5.82 Å². The van der Waals surface area contributed by atoms with Gasteiger partial charge < -0.3 is 19.4 Å². The molecular formula is C23H27FN2O3. The first-order valence-corrected chi connectivity index (χ1v) is 9.64. The maximum absolute atomic E-state index is 14.3. The normalized spacial score (nSPS) is 11.5. The van der Waals surface area contributed by atoms with Gasteiger partial charge in [0.2, 0.25) is 0 Å². The number of fused-ring (bicyclic) bond motifs is 1. The predicted octanol–water partition coefficient (Wildman–Crippen LogP) is 5.30. The number of likely N-dealkylation sites (N-methyl/N-ethyl adjacent to an activating group) is 1. The van der Waals surface area contributed by atoms with Gasteiger partial charge in [0.15, 0.2) is 0 Å². The molecule has 2 aromatic carbocycles. The summed E-state index contributed by atoms with van der Waals surface area (Å²) in [5.74, 6) is 0.278. The second-order valence-corrected chi connectivity index (χ2v) is 8.04. The van der Waals surface area contributed by atoms with Gasteiger partial charge >= 0.3 is 6.09 Å². The topological polar surface area (TPSA) is 54.6 Å². The van der Waals surface area contributed by atoms with E-state index in [-0.39, 0.29) is 11.9 Å². The predicted molar refractivity (Wildman–Crippen MR) is 112 cm³/mol. The van der Waals surface area contributed by atoms with Crippen LogP contribution >= 0.6 is 0 Å². The second kappa shape index (κ2) is 8.55. The van der Waals surface area contributed by atoms with E-state index >= 15 is 0 Å². The Labute approximate surface area is 170 Å². The van der Waals surface area contributed by atoms with Crippen molar-refractivity contribution in [2.24, 2.45) is 0 Å². The highest BCUT2D eigenvalue weighted by Crippen LogP contribution is 2.32. The monoisotopic (exact) mass is 398 g/mol. The number of benzene rings is 2. The molecule has 0 aliphatic heterocycles. The molecule has 0 spiro atoms. The van der Waals surface area contributed by atoms with Crippen molar-refractivity contribution in [3.63, 3.8) is 0 Å². The average Bonchev–Trinajstić information content (AvgIpc) is 3.10. The summed E-state index contributed by atoms with van der Waals surface area (Å²) >= 11 is 0. The second-order valence-electron chi connectivity index (χ2n) is 8.04. The number of carbonyl (C=O) groups excluding carboxylic acids is 1. The molecule has 0 radical (unpaired) electrons.